The van der Waals surface area contributed by atoms with E-state index in [1.807, 2.05) is 20.9 Å². The van der Waals surface area contributed by atoms with E-state index >= 15 is 4.79 Å². The molecule has 6 rings (SSSR count). The van der Waals surface area contributed by atoms with Crippen LogP contribution in [0.2, 0.25) is 0 Å². The second-order valence-electron chi connectivity index (χ2n) is 18.8. The van der Waals surface area contributed by atoms with Crippen LogP contribution in [0.1, 0.15) is 113 Å². The Bertz CT molecular complexity index is 1400. The quantitative estimate of drug-likeness (QED) is 0.270. The highest BCUT2D eigenvalue weighted by atomic mass is 16.2. The average Bonchev–Trinajstić information content (AvgIpc) is 3.64. The standard InChI is InChI=1S/C41H63N3O3/c1-25(2)35(47)44-31-18-19-40-23-41(40)30(17-16-29(40)37(31,7)24-43-22-27-14-12-11-13-15-27)38(8)20-28(34(46)36(4,5)6)33(26(3)42-10)39(38,9)21-32(41)45/h11-15,25-26,28-31,33,42-43H,16-24H2,1-10H3,(H,44,47)/t26-,28+,29-,30-,31-,33-,37-,38-,39+,40+,41-/m0/s1. The molecule has 47 heavy (non-hydrogen) atoms. The molecule has 0 aliphatic heterocycles. The zero-order valence-electron chi connectivity index (χ0n) is 31.0. The Morgan fingerprint density at radius 1 is 0.957 bits per heavy atom. The summed E-state index contributed by atoms with van der Waals surface area (Å²) in [6, 6.07) is 10.8. The van der Waals surface area contributed by atoms with E-state index in [1.165, 1.54) is 5.56 Å². The molecule has 0 bridgehead atoms. The lowest BCUT2D eigenvalue weighted by Crippen LogP contribution is -2.65. The van der Waals surface area contributed by atoms with Crippen LogP contribution in [-0.4, -0.2) is 43.1 Å². The van der Waals surface area contributed by atoms with Crippen LogP contribution in [0.15, 0.2) is 30.3 Å². The summed E-state index contributed by atoms with van der Waals surface area (Å²) in [7, 11) is 2.01. The zero-order valence-corrected chi connectivity index (χ0v) is 31.0. The summed E-state index contributed by atoms with van der Waals surface area (Å²) in [4.78, 5) is 42.4. The van der Waals surface area contributed by atoms with E-state index < -0.39 is 5.41 Å². The molecule has 0 heterocycles. The van der Waals surface area contributed by atoms with Crippen LogP contribution in [0.4, 0.5) is 0 Å². The lowest BCUT2D eigenvalue weighted by atomic mass is 9.41. The van der Waals surface area contributed by atoms with Crippen LogP contribution in [0.25, 0.3) is 0 Å². The minimum absolute atomic E-state index is 0.0180. The molecule has 1 aromatic rings. The van der Waals surface area contributed by atoms with Gasteiger partial charge in [-0.1, -0.05) is 85.7 Å². The first-order valence-corrected chi connectivity index (χ1v) is 18.7. The maximum absolute atomic E-state index is 15.0. The number of benzene rings is 1. The summed E-state index contributed by atoms with van der Waals surface area (Å²) in [6.45, 7) is 21.3. The molecule has 11 atom stereocenters. The second kappa shape index (κ2) is 11.5. The lowest BCUT2D eigenvalue weighted by molar-refractivity contribution is -0.170. The highest BCUT2D eigenvalue weighted by Crippen LogP contribution is 2.88. The molecule has 6 nitrogen and oxygen atoms in total. The fourth-order valence-corrected chi connectivity index (χ4v) is 12.8. The Labute approximate surface area is 284 Å². The molecule has 0 unspecified atom stereocenters. The van der Waals surface area contributed by atoms with Gasteiger partial charge in [0.25, 0.3) is 0 Å². The minimum Gasteiger partial charge on any atom is -0.353 e. The van der Waals surface area contributed by atoms with Gasteiger partial charge < -0.3 is 16.0 Å². The van der Waals surface area contributed by atoms with Gasteiger partial charge >= 0.3 is 0 Å². The van der Waals surface area contributed by atoms with Gasteiger partial charge in [-0.15, -0.1) is 0 Å². The van der Waals surface area contributed by atoms with Crippen molar-refractivity contribution in [1.82, 2.24) is 16.0 Å². The molecule has 5 fully saturated rings. The van der Waals surface area contributed by atoms with Crippen molar-refractivity contribution < 1.29 is 14.4 Å². The summed E-state index contributed by atoms with van der Waals surface area (Å²) < 4.78 is 0. The normalized spacial score (nSPS) is 43.0. The number of carbonyl (C=O) groups is 3. The fourth-order valence-electron chi connectivity index (χ4n) is 12.8. The number of Topliss-reactive ketones (excluding diaryl/α,β-unsaturated/α-hetero) is 2. The third-order valence-electron chi connectivity index (χ3n) is 15.3. The summed E-state index contributed by atoms with van der Waals surface area (Å²) in [5, 5.41) is 10.9. The first kappa shape index (κ1) is 34.8. The van der Waals surface area contributed by atoms with Crippen molar-refractivity contribution in [3.63, 3.8) is 0 Å². The van der Waals surface area contributed by atoms with E-state index in [4.69, 9.17) is 0 Å². The number of carbonyl (C=O) groups excluding carboxylic acids is 3. The molecule has 260 valence electrons. The minimum atomic E-state index is -0.413. The maximum Gasteiger partial charge on any atom is 0.222 e. The molecule has 0 saturated heterocycles. The second-order valence-corrected chi connectivity index (χ2v) is 18.8. The molecule has 1 amide bonds. The van der Waals surface area contributed by atoms with Crippen LogP contribution in [0.3, 0.4) is 0 Å². The third-order valence-corrected chi connectivity index (χ3v) is 15.3. The number of rotatable bonds is 9. The van der Waals surface area contributed by atoms with Gasteiger partial charge in [0.05, 0.1) is 0 Å². The van der Waals surface area contributed by atoms with Crippen molar-refractivity contribution in [1.29, 1.82) is 0 Å². The Hall–Kier alpha value is -2.05. The van der Waals surface area contributed by atoms with Gasteiger partial charge in [0.15, 0.2) is 0 Å². The van der Waals surface area contributed by atoms with Gasteiger partial charge in [0.2, 0.25) is 5.91 Å². The van der Waals surface area contributed by atoms with Crippen molar-refractivity contribution in [3.05, 3.63) is 35.9 Å². The Morgan fingerprint density at radius 3 is 2.23 bits per heavy atom. The first-order valence-electron chi connectivity index (χ1n) is 18.7. The van der Waals surface area contributed by atoms with Crippen LogP contribution in [0, 0.1) is 62.1 Å². The Kier molecular flexibility index (Phi) is 8.52. The van der Waals surface area contributed by atoms with Gasteiger partial charge in [-0.05, 0) is 92.1 Å². The summed E-state index contributed by atoms with van der Waals surface area (Å²) in [5.74, 6) is 1.65. The van der Waals surface area contributed by atoms with Crippen molar-refractivity contribution in [3.8, 4) is 0 Å². The van der Waals surface area contributed by atoms with Crippen molar-refractivity contribution in [2.24, 2.45) is 62.1 Å². The van der Waals surface area contributed by atoms with E-state index in [1.54, 1.807) is 0 Å². The number of amides is 1. The summed E-state index contributed by atoms with van der Waals surface area (Å²) in [6.07, 6.45) is 6.48. The molecule has 1 aromatic carbocycles. The van der Waals surface area contributed by atoms with Crippen molar-refractivity contribution >= 4 is 17.5 Å². The predicted octanol–water partition coefficient (Wildman–Crippen LogP) is 6.96. The van der Waals surface area contributed by atoms with Gasteiger partial charge in [0.1, 0.15) is 11.6 Å². The van der Waals surface area contributed by atoms with E-state index in [0.717, 1.165) is 51.6 Å². The van der Waals surface area contributed by atoms with Gasteiger partial charge in [0, 0.05) is 59.7 Å². The molecule has 3 N–H and O–H groups in total. The molecule has 0 radical (unpaired) electrons. The van der Waals surface area contributed by atoms with Crippen LogP contribution in [-0.2, 0) is 20.9 Å². The van der Waals surface area contributed by atoms with E-state index in [0.29, 0.717) is 29.8 Å². The highest BCUT2D eigenvalue weighted by Gasteiger charge is 2.86. The Balaban J connectivity index is 1.36. The predicted molar refractivity (Wildman–Crippen MR) is 188 cm³/mol. The van der Waals surface area contributed by atoms with Gasteiger partial charge in [-0.25, -0.2) is 0 Å². The number of hydrogen-bond acceptors (Lipinski definition) is 5. The van der Waals surface area contributed by atoms with Crippen LogP contribution < -0.4 is 16.0 Å². The zero-order chi connectivity index (χ0) is 34.4. The summed E-state index contributed by atoms with van der Waals surface area (Å²) in [5.41, 5.74) is 0.0499. The largest absolute Gasteiger partial charge is 0.353 e. The van der Waals surface area contributed by atoms with Crippen LogP contribution >= 0.6 is 0 Å². The lowest BCUT2D eigenvalue weighted by Gasteiger charge is -2.63. The molecule has 5 aliphatic rings. The molecule has 5 saturated carbocycles. The monoisotopic (exact) mass is 645 g/mol. The molecular weight excluding hydrogens is 582 g/mol. The average molecular weight is 646 g/mol. The molecule has 6 heteroatoms. The SMILES string of the molecule is CN[C@@H](C)[C@H]1[C@H](C(=O)C(C)(C)C)C[C@@]2(C)[C@@H]3CC[C@H]4[C@](C)(CNCc5ccccc5)[C@@H](NC(=O)C(C)C)CC[C@@]45C[C@@]35C(=O)C[C@]12C. The van der Waals surface area contributed by atoms with E-state index in [-0.39, 0.29) is 62.8 Å². The topological polar surface area (TPSA) is 87.3 Å². The van der Waals surface area contributed by atoms with E-state index in [9.17, 15) is 9.59 Å². The van der Waals surface area contributed by atoms with Crippen molar-refractivity contribution in [2.45, 2.75) is 126 Å². The number of fused-ring (bicyclic) bond motifs is 2. The van der Waals surface area contributed by atoms with Gasteiger partial charge in [-0.2, -0.15) is 0 Å². The van der Waals surface area contributed by atoms with Crippen LogP contribution in [0.5, 0.6) is 0 Å². The smallest absolute Gasteiger partial charge is 0.222 e. The summed E-state index contributed by atoms with van der Waals surface area (Å²) >= 11 is 0. The fraction of sp³-hybridized carbons (Fsp3) is 0.780. The molecule has 5 aliphatic carbocycles. The van der Waals surface area contributed by atoms with Gasteiger partial charge in [-0.3, -0.25) is 14.4 Å². The number of ketones is 2. The van der Waals surface area contributed by atoms with Crippen molar-refractivity contribution in [2.75, 3.05) is 13.6 Å². The molecular formula is C41H63N3O3. The maximum atomic E-state index is 15.0. The number of hydrogen-bond donors (Lipinski definition) is 3. The first-order chi connectivity index (χ1) is 21.9. The van der Waals surface area contributed by atoms with E-state index in [2.05, 4.69) is 94.7 Å². The third kappa shape index (κ3) is 4.88. The number of nitrogens with one attached hydrogen (secondary N) is 3. The molecule has 0 aromatic heterocycles. The highest BCUT2D eigenvalue weighted by molar-refractivity contribution is 5.93. The Morgan fingerprint density at radius 2 is 1.62 bits per heavy atom. The molecule has 2 spiro atoms.